The Morgan fingerprint density at radius 2 is 1.84 bits per heavy atom. The predicted octanol–water partition coefficient (Wildman–Crippen LogP) is 3.52. The fourth-order valence-corrected chi connectivity index (χ4v) is 2.46. The lowest BCUT2D eigenvalue weighted by Gasteiger charge is -2.14. The number of alkyl halides is 3. The molecule has 0 bridgehead atoms. The smallest absolute Gasteiger partial charge is 0.406 e. The molecule has 19 heavy (non-hydrogen) atoms. The van der Waals surface area contributed by atoms with E-state index in [9.17, 15) is 13.2 Å². The first-order chi connectivity index (χ1) is 9.03. The SMILES string of the molecule is FC(F)(F)Oc1ccc(CC2CCCNCC2)cc1. The van der Waals surface area contributed by atoms with E-state index >= 15 is 0 Å². The molecule has 1 aromatic carbocycles. The summed E-state index contributed by atoms with van der Waals surface area (Å²) in [7, 11) is 0. The maximum atomic E-state index is 12.0. The van der Waals surface area contributed by atoms with E-state index in [-0.39, 0.29) is 5.75 Å². The lowest BCUT2D eigenvalue weighted by molar-refractivity contribution is -0.274. The second kappa shape index (κ2) is 6.28. The van der Waals surface area contributed by atoms with Crippen molar-refractivity contribution < 1.29 is 17.9 Å². The van der Waals surface area contributed by atoms with Crippen LogP contribution in [0.5, 0.6) is 5.75 Å². The van der Waals surface area contributed by atoms with Gasteiger partial charge in [0.15, 0.2) is 0 Å². The first-order valence-electron chi connectivity index (χ1n) is 6.58. The van der Waals surface area contributed by atoms with Gasteiger partial charge in [-0.15, -0.1) is 13.2 Å². The van der Waals surface area contributed by atoms with Gasteiger partial charge in [-0.2, -0.15) is 0 Å². The van der Waals surface area contributed by atoms with Crippen LogP contribution in [0.4, 0.5) is 13.2 Å². The normalized spacial score (nSPS) is 20.9. The van der Waals surface area contributed by atoms with Crippen molar-refractivity contribution in [2.45, 2.75) is 32.0 Å². The molecular weight excluding hydrogens is 255 g/mol. The molecule has 1 atom stereocenters. The standard InChI is InChI=1S/C14H18F3NO/c15-14(16,17)19-13-5-3-12(4-6-13)10-11-2-1-8-18-9-7-11/h3-6,11,18H,1-2,7-10H2. The average molecular weight is 273 g/mol. The molecule has 1 fully saturated rings. The molecule has 1 heterocycles. The number of hydrogen-bond donors (Lipinski definition) is 1. The van der Waals surface area contributed by atoms with Crippen LogP contribution < -0.4 is 10.1 Å². The fourth-order valence-electron chi connectivity index (χ4n) is 2.46. The van der Waals surface area contributed by atoms with Crippen molar-refractivity contribution in [1.29, 1.82) is 0 Å². The number of halogens is 3. The highest BCUT2D eigenvalue weighted by Gasteiger charge is 2.30. The fraction of sp³-hybridized carbons (Fsp3) is 0.571. The van der Waals surface area contributed by atoms with Gasteiger partial charge in [-0.1, -0.05) is 12.1 Å². The number of rotatable bonds is 3. The molecule has 1 unspecified atom stereocenters. The van der Waals surface area contributed by atoms with Crippen LogP contribution in [-0.2, 0) is 6.42 Å². The van der Waals surface area contributed by atoms with Crippen molar-refractivity contribution in [2.24, 2.45) is 5.92 Å². The zero-order chi connectivity index (χ0) is 13.7. The van der Waals surface area contributed by atoms with E-state index in [1.165, 1.54) is 25.0 Å². The van der Waals surface area contributed by atoms with Crippen molar-refractivity contribution >= 4 is 0 Å². The van der Waals surface area contributed by atoms with Crippen molar-refractivity contribution in [3.63, 3.8) is 0 Å². The molecule has 0 aromatic heterocycles. The minimum absolute atomic E-state index is 0.154. The molecule has 0 saturated carbocycles. The molecule has 0 radical (unpaired) electrons. The van der Waals surface area contributed by atoms with Gasteiger partial charge in [-0.3, -0.25) is 0 Å². The number of ether oxygens (including phenoxy) is 1. The summed E-state index contributed by atoms with van der Waals surface area (Å²) in [6.07, 6.45) is -0.225. The molecule has 0 aliphatic carbocycles. The average Bonchev–Trinajstić information content (AvgIpc) is 2.58. The van der Waals surface area contributed by atoms with Crippen molar-refractivity contribution in [2.75, 3.05) is 13.1 Å². The van der Waals surface area contributed by atoms with Crippen molar-refractivity contribution in [1.82, 2.24) is 5.32 Å². The molecule has 5 heteroatoms. The Hall–Kier alpha value is -1.23. The number of hydrogen-bond acceptors (Lipinski definition) is 2. The number of benzene rings is 1. The number of nitrogens with one attached hydrogen (secondary N) is 1. The summed E-state index contributed by atoms with van der Waals surface area (Å²) >= 11 is 0. The quantitative estimate of drug-likeness (QED) is 0.909. The molecule has 1 aliphatic heterocycles. The molecule has 1 saturated heterocycles. The highest BCUT2D eigenvalue weighted by Crippen LogP contribution is 2.24. The third-order valence-electron chi connectivity index (χ3n) is 3.38. The van der Waals surface area contributed by atoms with Gasteiger partial charge in [0.05, 0.1) is 0 Å². The van der Waals surface area contributed by atoms with Crippen LogP contribution in [0, 0.1) is 5.92 Å². The Bertz CT molecular complexity index is 381. The molecule has 0 spiro atoms. The van der Waals surface area contributed by atoms with Crippen LogP contribution in [-0.4, -0.2) is 19.5 Å². The monoisotopic (exact) mass is 273 g/mol. The first-order valence-corrected chi connectivity index (χ1v) is 6.58. The summed E-state index contributed by atoms with van der Waals surface area (Å²) in [6, 6.07) is 6.22. The van der Waals surface area contributed by atoms with E-state index in [1.807, 2.05) is 0 Å². The zero-order valence-electron chi connectivity index (χ0n) is 10.7. The maximum absolute atomic E-state index is 12.0. The van der Waals surface area contributed by atoms with Crippen LogP contribution in [0.1, 0.15) is 24.8 Å². The Kier molecular flexibility index (Phi) is 4.69. The highest BCUT2D eigenvalue weighted by atomic mass is 19.4. The molecule has 2 rings (SSSR count). The second-order valence-corrected chi connectivity index (χ2v) is 4.94. The lowest BCUT2D eigenvalue weighted by atomic mass is 9.93. The van der Waals surface area contributed by atoms with Gasteiger partial charge in [-0.25, -0.2) is 0 Å². The Balaban J connectivity index is 1.90. The summed E-state index contributed by atoms with van der Waals surface area (Å²) < 4.78 is 39.9. The van der Waals surface area contributed by atoms with Gasteiger partial charge in [0, 0.05) is 0 Å². The zero-order valence-corrected chi connectivity index (χ0v) is 10.7. The Labute approximate surface area is 111 Å². The molecule has 0 amide bonds. The van der Waals surface area contributed by atoms with Gasteiger partial charge in [0.2, 0.25) is 0 Å². The summed E-state index contributed by atoms with van der Waals surface area (Å²) in [4.78, 5) is 0. The molecular formula is C14H18F3NO. The van der Waals surface area contributed by atoms with Gasteiger partial charge in [-0.05, 0) is 62.4 Å². The van der Waals surface area contributed by atoms with Crippen LogP contribution in [0.2, 0.25) is 0 Å². The largest absolute Gasteiger partial charge is 0.573 e. The molecule has 1 aromatic rings. The van der Waals surface area contributed by atoms with E-state index in [4.69, 9.17) is 0 Å². The summed E-state index contributed by atoms with van der Waals surface area (Å²) in [6.45, 7) is 2.09. The van der Waals surface area contributed by atoms with Crippen molar-refractivity contribution in [3.05, 3.63) is 29.8 Å². The second-order valence-electron chi connectivity index (χ2n) is 4.94. The maximum Gasteiger partial charge on any atom is 0.573 e. The van der Waals surface area contributed by atoms with Crippen LogP contribution in [0.3, 0.4) is 0 Å². The third kappa shape index (κ3) is 5.11. The first kappa shape index (κ1) is 14.2. The Morgan fingerprint density at radius 3 is 2.53 bits per heavy atom. The van der Waals surface area contributed by atoms with E-state index in [0.29, 0.717) is 5.92 Å². The summed E-state index contributed by atoms with van der Waals surface area (Å²) in [5.74, 6) is 0.461. The summed E-state index contributed by atoms with van der Waals surface area (Å²) in [5.41, 5.74) is 1.07. The van der Waals surface area contributed by atoms with Gasteiger partial charge < -0.3 is 10.1 Å². The van der Waals surface area contributed by atoms with Crippen LogP contribution >= 0.6 is 0 Å². The predicted molar refractivity (Wildman–Crippen MR) is 67.0 cm³/mol. The Morgan fingerprint density at radius 1 is 1.11 bits per heavy atom. The van der Waals surface area contributed by atoms with Crippen LogP contribution in [0.15, 0.2) is 24.3 Å². The molecule has 2 nitrogen and oxygen atoms in total. The van der Waals surface area contributed by atoms with E-state index in [0.717, 1.165) is 31.5 Å². The van der Waals surface area contributed by atoms with Crippen LogP contribution in [0.25, 0.3) is 0 Å². The molecule has 1 aliphatic rings. The summed E-state index contributed by atoms with van der Waals surface area (Å²) in [5, 5.41) is 3.35. The molecule has 1 N–H and O–H groups in total. The van der Waals surface area contributed by atoms with E-state index < -0.39 is 6.36 Å². The minimum atomic E-state index is -4.62. The van der Waals surface area contributed by atoms with E-state index in [1.54, 1.807) is 12.1 Å². The van der Waals surface area contributed by atoms with Gasteiger partial charge in [0.1, 0.15) is 5.75 Å². The lowest BCUT2D eigenvalue weighted by Crippen LogP contribution is -2.17. The topological polar surface area (TPSA) is 21.3 Å². The highest BCUT2D eigenvalue weighted by molar-refractivity contribution is 5.27. The minimum Gasteiger partial charge on any atom is -0.406 e. The molecule has 106 valence electrons. The van der Waals surface area contributed by atoms with Crippen molar-refractivity contribution in [3.8, 4) is 5.75 Å². The third-order valence-corrected chi connectivity index (χ3v) is 3.38. The van der Waals surface area contributed by atoms with Gasteiger partial charge in [0.25, 0.3) is 0 Å². The van der Waals surface area contributed by atoms with Gasteiger partial charge >= 0.3 is 6.36 Å². The van der Waals surface area contributed by atoms with E-state index in [2.05, 4.69) is 10.1 Å².